The van der Waals surface area contributed by atoms with Gasteiger partial charge in [0, 0.05) is 6.16 Å². The zero-order valence-electron chi connectivity index (χ0n) is 4.92. The molecule has 0 radical (unpaired) electrons. The molecule has 3 N–H and O–H groups in total. The van der Waals surface area contributed by atoms with E-state index >= 15 is 0 Å². The van der Waals surface area contributed by atoms with Crippen LogP contribution in [0.3, 0.4) is 0 Å². The molecule has 48 valence electrons. The molecule has 0 aliphatic rings. The second-order valence-corrected chi connectivity index (χ2v) is 3.93. The van der Waals surface area contributed by atoms with Crippen LogP contribution in [0, 0.1) is 0 Å². The van der Waals surface area contributed by atoms with Crippen molar-refractivity contribution >= 4 is 7.44 Å². The third-order valence-corrected chi connectivity index (χ3v) is 2.34. The van der Waals surface area contributed by atoms with Gasteiger partial charge in [0.05, 0.1) is 0 Å². The van der Waals surface area contributed by atoms with E-state index in [1.54, 1.807) is 6.92 Å². The van der Waals surface area contributed by atoms with Gasteiger partial charge in [0.1, 0.15) is 0 Å². The fraction of sp³-hybridized carbons (Fsp3) is 0.500. The maximum absolute atomic E-state index is 10.8. The van der Waals surface area contributed by atoms with Crippen molar-refractivity contribution in [1.82, 2.24) is 5.09 Å². The van der Waals surface area contributed by atoms with Crippen LogP contribution >= 0.6 is 7.44 Å². The van der Waals surface area contributed by atoms with Crippen LogP contribution in [-0.2, 0) is 4.57 Å². The van der Waals surface area contributed by atoms with Crippen LogP contribution in [0.4, 0.5) is 0 Å². The van der Waals surface area contributed by atoms with Gasteiger partial charge in [-0.25, -0.2) is 0 Å². The number of hydrogen-bond acceptors (Lipinski definition) is 1. The molecule has 0 bridgehead atoms. The predicted molar refractivity (Wildman–Crippen MR) is 35.7 cm³/mol. The summed E-state index contributed by atoms with van der Waals surface area (Å²) in [5.74, 6) is 0. The van der Waals surface area contributed by atoms with Crippen molar-refractivity contribution in [3.8, 4) is 0 Å². The van der Waals surface area contributed by atoms with E-state index in [1.807, 2.05) is 0 Å². The highest BCUT2D eigenvalue weighted by Crippen LogP contribution is 2.28. The maximum Gasteiger partial charge on any atom is 0.231 e. The lowest BCUT2D eigenvalue weighted by Crippen LogP contribution is -2.10. The lowest BCUT2D eigenvalue weighted by Gasteiger charge is -2.07. The van der Waals surface area contributed by atoms with Crippen LogP contribution in [0.1, 0.15) is 6.92 Å². The Labute approximate surface area is 49.4 Å². The summed E-state index contributed by atoms with van der Waals surface area (Å²) in [5.41, 5.74) is 5.20. The van der Waals surface area contributed by atoms with Gasteiger partial charge in [0.15, 0.2) is 0 Å². The molecule has 0 aromatic heterocycles. The Morgan fingerprint density at radius 3 is 2.62 bits per heavy atom. The first-order chi connectivity index (χ1) is 3.62. The van der Waals surface area contributed by atoms with Gasteiger partial charge >= 0.3 is 0 Å². The zero-order chi connectivity index (χ0) is 6.62. The van der Waals surface area contributed by atoms with E-state index in [2.05, 4.69) is 11.7 Å². The Morgan fingerprint density at radius 2 is 2.50 bits per heavy atom. The molecular weight excluding hydrogens is 123 g/mol. The molecule has 1 atom stereocenters. The van der Waals surface area contributed by atoms with E-state index in [9.17, 15) is 4.57 Å². The van der Waals surface area contributed by atoms with E-state index < -0.39 is 7.44 Å². The molecule has 0 aromatic carbocycles. The highest BCUT2D eigenvalue weighted by Gasteiger charge is 2.06. The molecule has 1 unspecified atom stereocenters. The second-order valence-electron chi connectivity index (χ2n) is 1.45. The molecule has 0 amide bonds. The van der Waals surface area contributed by atoms with Gasteiger partial charge in [-0.05, 0) is 6.20 Å². The normalized spacial score (nSPS) is 16.8. The molecule has 0 aliphatic carbocycles. The minimum atomic E-state index is -2.54. The minimum Gasteiger partial charge on any atom is -0.332 e. The van der Waals surface area contributed by atoms with Gasteiger partial charge in [-0.3, -0.25) is 10.1 Å². The molecule has 0 saturated heterocycles. The van der Waals surface area contributed by atoms with E-state index in [1.165, 1.54) is 6.20 Å². The van der Waals surface area contributed by atoms with Gasteiger partial charge in [0.2, 0.25) is 7.44 Å². The third-order valence-electron chi connectivity index (χ3n) is 0.780. The number of nitrogens with two attached hydrogens (primary N) is 1. The standard InChI is InChI=1S/C4H11N2OP/c1-3-6-8(5,7)4-2/h3H,1,4H2,2H3,(H3,5,6,7). The predicted octanol–water partition coefficient (Wildman–Crippen LogP) is 0.891. The van der Waals surface area contributed by atoms with Crippen LogP contribution in [0.5, 0.6) is 0 Å². The van der Waals surface area contributed by atoms with E-state index in [0.29, 0.717) is 6.16 Å². The van der Waals surface area contributed by atoms with Gasteiger partial charge < -0.3 is 5.09 Å². The minimum absolute atomic E-state index is 0.457. The largest absolute Gasteiger partial charge is 0.332 e. The number of rotatable bonds is 3. The van der Waals surface area contributed by atoms with Crippen molar-refractivity contribution in [2.75, 3.05) is 6.16 Å². The summed E-state index contributed by atoms with van der Waals surface area (Å²) < 4.78 is 10.8. The first kappa shape index (κ1) is 7.73. The first-order valence-electron chi connectivity index (χ1n) is 2.38. The lowest BCUT2D eigenvalue weighted by atomic mass is 11.0. The Morgan fingerprint density at radius 1 is 2.00 bits per heavy atom. The Hall–Kier alpha value is -0.270. The van der Waals surface area contributed by atoms with Crippen molar-refractivity contribution in [1.29, 1.82) is 0 Å². The smallest absolute Gasteiger partial charge is 0.231 e. The third kappa shape index (κ3) is 2.83. The molecule has 3 nitrogen and oxygen atoms in total. The summed E-state index contributed by atoms with van der Waals surface area (Å²) in [5, 5.41) is 2.47. The van der Waals surface area contributed by atoms with Gasteiger partial charge in [-0.15, -0.1) is 0 Å². The maximum atomic E-state index is 10.8. The van der Waals surface area contributed by atoms with Crippen LogP contribution in [0.2, 0.25) is 0 Å². The fourth-order valence-electron chi connectivity index (χ4n) is 0.246. The lowest BCUT2D eigenvalue weighted by molar-refractivity contribution is 0.572. The molecule has 0 heterocycles. The second kappa shape index (κ2) is 2.90. The van der Waals surface area contributed by atoms with Gasteiger partial charge in [0.25, 0.3) is 0 Å². The molecule has 0 aromatic rings. The van der Waals surface area contributed by atoms with Crippen molar-refractivity contribution in [3.05, 3.63) is 12.8 Å². The van der Waals surface area contributed by atoms with Crippen LogP contribution < -0.4 is 10.6 Å². The SMILES string of the molecule is C=CNP(N)(=O)CC. The average molecular weight is 134 g/mol. The Balaban J connectivity index is 3.72. The van der Waals surface area contributed by atoms with Crippen molar-refractivity contribution < 1.29 is 4.57 Å². The van der Waals surface area contributed by atoms with Crippen LogP contribution in [0.25, 0.3) is 0 Å². The van der Waals surface area contributed by atoms with Gasteiger partial charge in [-0.1, -0.05) is 13.5 Å². The molecule has 8 heavy (non-hydrogen) atoms. The van der Waals surface area contributed by atoms with Crippen molar-refractivity contribution in [2.45, 2.75) is 6.92 Å². The summed E-state index contributed by atoms with van der Waals surface area (Å²) >= 11 is 0. The van der Waals surface area contributed by atoms with Crippen molar-refractivity contribution in [3.63, 3.8) is 0 Å². The van der Waals surface area contributed by atoms with E-state index in [4.69, 9.17) is 5.50 Å². The fourth-order valence-corrected chi connectivity index (χ4v) is 0.737. The number of hydrogen-bond donors (Lipinski definition) is 2. The summed E-state index contributed by atoms with van der Waals surface area (Å²) in [4.78, 5) is 0. The molecule has 0 fully saturated rings. The molecule has 0 rings (SSSR count). The van der Waals surface area contributed by atoms with Crippen LogP contribution in [-0.4, -0.2) is 6.16 Å². The molecular formula is C4H11N2OP. The zero-order valence-corrected chi connectivity index (χ0v) is 5.82. The summed E-state index contributed by atoms with van der Waals surface area (Å²) in [7, 11) is -2.54. The Bertz CT molecular complexity index is 123. The topological polar surface area (TPSA) is 55.1 Å². The Kier molecular flexibility index (Phi) is 2.80. The summed E-state index contributed by atoms with van der Waals surface area (Å²) in [6.45, 7) is 5.09. The summed E-state index contributed by atoms with van der Waals surface area (Å²) in [6, 6.07) is 0. The van der Waals surface area contributed by atoms with Gasteiger partial charge in [-0.2, -0.15) is 0 Å². The van der Waals surface area contributed by atoms with E-state index in [-0.39, 0.29) is 0 Å². The average Bonchev–Trinajstić information content (AvgIpc) is 1.67. The first-order valence-corrected chi connectivity index (χ1v) is 4.35. The van der Waals surface area contributed by atoms with E-state index in [0.717, 1.165) is 0 Å². The molecule has 0 saturated carbocycles. The monoisotopic (exact) mass is 134 g/mol. The highest BCUT2D eigenvalue weighted by molar-refractivity contribution is 7.59. The molecule has 4 heteroatoms. The quantitative estimate of drug-likeness (QED) is 0.563. The summed E-state index contributed by atoms with van der Waals surface area (Å²) in [6.07, 6.45) is 1.81. The highest BCUT2D eigenvalue weighted by atomic mass is 31.2. The molecule has 0 aliphatic heterocycles. The van der Waals surface area contributed by atoms with Crippen LogP contribution in [0.15, 0.2) is 12.8 Å². The molecule has 0 spiro atoms. The number of nitrogens with one attached hydrogen (secondary N) is 1. The van der Waals surface area contributed by atoms with Crippen molar-refractivity contribution in [2.24, 2.45) is 5.50 Å².